The Hall–Kier alpha value is -3.84. The van der Waals surface area contributed by atoms with Crippen LogP contribution in [0.5, 0.6) is 11.5 Å². The lowest BCUT2D eigenvalue weighted by Crippen LogP contribution is -2.30. The normalized spacial score (nSPS) is 11.6. The van der Waals surface area contributed by atoms with E-state index in [1.807, 2.05) is 30.3 Å². The molecule has 0 saturated carbocycles. The molecule has 0 aliphatic heterocycles. The third-order valence-electron chi connectivity index (χ3n) is 4.84. The summed E-state index contributed by atoms with van der Waals surface area (Å²) in [7, 11) is 2.98. The third-order valence-corrected chi connectivity index (χ3v) is 5.09. The van der Waals surface area contributed by atoms with Crippen molar-refractivity contribution in [2.24, 2.45) is 0 Å². The van der Waals surface area contributed by atoms with Crippen LogP contribution in [0.25, 0.3) is 11.5 Å². The number of amides is 1. The highest BCUT2D eigenvalue weighted by atomic mass is 35.5. The van der Waals surface area contributed by atoms with E-state index < -0.39 is 11.9 Å². The van der Waals surface area contributed by atoms with Crippen molar-refractivity contribution in [3.63, 3.8) is 0 Å². The van der Waals surface area contributed by atoms with Gasteiger partial charge in [-0.05, 0) is 42.0 Å². The van der Waals surface area contributed by atoms with Crippen molar-refractivity contribution in [1.29, 1.82) is 0 Å². The molecule has 4 rings (SSSR count). The van der Waals surface area contributed by atoms with Crippen LogP contribution in [-0.2, 0) is 0 Å². The number of methoxy groups -OCH3 is 2. The zero-order valence-corrected chi connectivity index (χ0v) is 18.2. The van der Waals surface area contributed by atoms with Gasteiger partial charge < -0.3 is 19.2 Å². The van der Waals surface area contributed by atoms with E-state index in [0.717, 1.165) is 11.1 Å². The van der Waals surface area contributed by atoms with Crippen LogP contribution < -0.4 is 14.8 Å². The molecule has 4 aromatic rings. The average Bonchev–Trinajstić information content (AvgIpc) is 3.33. The molecule has 0 bridgehead atoms. The van der Waals surface area contributed by atoms with Gasteiger partial charge in [0.1, 0.15) is 23.1 Å². The topological polar surface area (TPSA) is 86.5 Å². The first kappa shape index (κ1) is 21.4. The van der Waals surface area contributed by atoms with Gasteiger partial charge in [-0.1, -0.05) is 48.0 Å². The van der Waals surface area contributed by atoms with E-state index in [1.54, 1.807) is 42.5 Å². The number of ether oxygens (including phenoxy) is 2. The van der Waals surface area contributed by atoms with Crippen molar-refractivity contribution in [2.45, 2.75) is 6.04 Å². The number of halogens is 1. The highest BCUT2D eigenvalue weighted by Crippen LogP contribution is 2.31. The summed E-state index contributed by atoms with van der Waals surface area (Å²) in [6.07, 6.45) is 0. The molecule has 1 atom stereocenters. The van der Waals surface area contributed by atoms with Gasteiger partial charge in [-0.15, -0.1) is 10.2 Å². The van der Waals surface area contributed by atoms with Crippen LogP contribution in [0.1, 0.15) is 27.9 Å². The van der Waals surface area contributed by atoms with E-state index in [4.69, 9.17) is 25.5 Å². The number of carbonyl (C=O) groups excluding carboxylic acids is 1. The minimum atomic E-state index is -0.723. The van der Waals surface area contributed by atoms with Crippen LogP contribution in [0.4, 0.5) is 0 Å². The minimum absolute atomic E-state index is 0.230. The van der Waals surface area contributed by atoms with Crippen molar-refractivity contribution < 1.29 is 18.7 Å². The van der Waals surface area contributed by atoms with Crippen molar-refractivity contribution in [2.75, 3.05) is 14.2 Å². The number of aromatic nitrogens is 2. The van der Waals surface area contributed by atoms with E-state index in [0.29, 0.717) is 22.4 Å². The van der Waals surface area contributed by atoms with Crippen LogP contribution in [-0.4, -0.2) is 30.3 Å². The fourth-order valence-corrected chi connectivity index (χ4v) is 3.40. The number of nitrogens with one attached hydrogen (secondary N) is 1. The summed E-state index contributed by atoms with van der Waals surface area (Å²) in [5.74, 6) is 0.926. The molecule has 0 aliphatic carbocycles. The smallest absolute Gasteiger partial charge is 0.259 e. The van der Waals surface area contributed by atoms with Gasteiger partial charge in [0.25, 0.3) is 5.91 Å². The van der Waals surface area contributed by atoms with E-state index >= 15 is 0 Å². The molecule has 0 fully saturated rings. The van der Waals surface area contributed by atoms with E-state index in [9.17, 15) is 4.79 Å². The second-order valence-electron chi connectivity index (χ2n) is 6.81. The SMILES string of the molecule is COc1cccc(OC)c1C(=O)NC(c1ccc(Cl)cc1)c1nnc(-c2ccccc2)o1. The molecule has 1 unspecified atom stereocenters. The summed E-state index contributed by atoms with van der Waals surface area (Å²) in [6, 6.07) is 20.8. The molecule has 162 valence electrons. The highest BCUT2D eigenvalue weighted by molar-refractivity contribution is 6.30. The van der Waals surface area contributed by atoms with E-state index in [-0.39, 0.29) is 11.5 Å². The molecule has 1 heterocycles. The molecule has 0 saturated heterocycles. The molecule has 1 N–H and O–H groups in total. The number of hydrogen-bond acceptors (Lipinski definition) is 6. The maximum Gasteiger partial charge on any atom is 0.259 e. The number of benzene rings is 3. The standard InChI is InChI=1S/C24H20ClN3O4/c1-30-18-9-6-10-19(31-2)20(18)22(29)26-21(15-11-13-17(25)14-12-15)24-28-27-23(32-24)16-7-4-3-5-8-16/h3-14,21H,1-2H3,(H,26,29). The maximum atomic E-state index is 13.3. The van der Waals surface area contributed by atoms with Gasteiger partial charge in [0, 0.05) is 10.6 Å². The van der Waals surface area contributed by atoms with Gasteiger partial charge in [-0.25, -0.2) is 0 Å². The van der Waals surface area contributed by atoms with Crippen molar-refractivity contribution in [3.05, 3.63) is 94.8 Å². The quantitative estimate of drug-likeness (QED) is 0.430. The van der Waals surface area contributed by atoms with Crippen LogP contribution >= 0.6 is 11.6 Å². The number of carbonyl (C=O) groups is 1. The summed E-state index contributed by atoms with van der Waals surface area (Å²) in [5.41, 5.74) is 1.76. The molecule has 0 aliphatic rings. The first-order valence-corrected chi connectivity index (χ1v) is 10.1. The Morgan fingerprint density at radius 1 is 0.906 bits per heavy atom. The van der Waals surface area contributed by atoms with Crippen LogP contribution in [0, 0.1) is 0 Å². The summed E-state index contributed by atoms with van der Waals surface area (Å²) < 4.78 is 16.7. The van der Waals surface area contributed by atoms with Gasteiger partial charge in [0.15, 0.2) is 0 Å². The lowest BCUT2D eigenvalue weighted by atomic mass is 10.1. The molecule has 1 aromatic heterocycles. The third kappa shape index (κ3) is 4.43. The molecule has 8 heteroatoms. The zero-order chi connectivity index (χ0) is 22.5. The Labute approximate surface area is 190 Å². The Morgan fingerprint density at radius 3 is 2.19 bits per heavy atom. The number of nitrogens with zero attached hydrogens (tertiary/aromatic N) is 2. The Bertz CT molecular complexity index is 1190. The predicted molar refractivity (Wildman–Crippen MR) is 120 cm³/mol. The monoisotopic (exact) mass is 449 g/mol. The molecule has 32 heavy (non-hydrogen) atoms. The second kappa shape index (κ2) is 9.53. The molecule has 1 amide bonds. The summed E-state index contributed by atoms with van der Waals surface area (Å²) in [6.45, 7) is 0. The first-order chi connectivity index (χ1) is 15.6. The fourth-order valence-electron chi connectivity index (χ4n) is 3.27. The van der Waals surface area contributed by atoms with E-state index in [1.165, 1.54) is 14.2 Å². The van der Waals surface area contributed by atoms with Crippen molar-refractivity contribution in [3.8, 4) is 23.0 Å². The van der Waals surface area contributed by atoms with Crippen LogP contribution in [0.3, 0.4) is 0 Å². The van der Waals surface area contributed by atoms with E-state index in [2.05, 4.69) is 15.5 Å². The van der Waals surface area contributed by atoms with Gasteiger partial charge in [0.2, 0.25) is 11.8 Å². The molecular formula is C24H20ClN3O4. The molecule has 0 spiro atoms. The second-order valence-corrected chi connectivity index (χ2v) is 7.24. The zero-order valence-electron chi connectivity index (χ0n) is 17.4. The van der Waals surface area contributed by atoms with Gasteiger partial charge >= 0.3 is 0 Å². The molecule has 3 aromatic carbocycles. The Balaban J connectivity index is 1.73. The lowest BCUT2D eigenvalue weighted by Gasteiger charge is -2.18. The first-order valence-electron chi connectivity index (χ1n) is 9.77. The highest BCUT2D eigenvalue weighted by Gasteiger charge is 2.27. The van der Waals surface area contributed by atoms with Gasteiger partial charge in [-0.3, -0.25) is 4.79 Å². The number of rotatable bonds is 7. The van der Waals surface area contributed by atoms with Gasteiger partial charge in [0.05, 0.1) is 14.2 Å². The minimum Gasteiger partial charge on any atom is -0.496 e. The molecule has 7 nitrogen and oxygen atoms in total. The predicted octanol–water partition coefficient (Wildman–Crippen LogP) is 4.93. The van der Waals surface area contributed by atoms with Crippen LogP contribution in [0.15, 0.2) is 77.2 Å². The van der Waals surface area contributed by atoms with Crippen molar-refractivity contribution in [1.82, 2.24) is 15.5 Å². The van der Waals surface area contributed by atoms with Crippen molar-refractivity contribution >= 4 is 17.5 Å². The van der Waals surface area contributed by atoms with Crippen LogP contribution in [0.2, 0.25) is 5.02 Å². The summed E-state index contributed by atoms with van der Waals surface area (Å²) in [4.78, 5) is 13.3. The number of hydrogen-bond donors (Lipinski definition) is 1. The lowest BCUT2D eigenvalue weighted by molar-refractivity contribution is 0.0931. The maximum absolute atomic E-state index is 13.3. The average molecular weight is 450 g/mol. The Morgan fingerprint density at radius 2 is 1.56 bits per heavy atom. The summed E-state index contributed by atoms with van der Waals surface area (Å²) >= 11 is 6.06. The molecular weight excluding hydrogens is 430 g/mol. The molecule has 0 radical (unpaired) electrons. The van der Waals surface area contributed by atoms with Gasteiger partial charge in [-0.2, -0.15) is 0 Å². The fraction of sp³-hybridized carbons (Fsp3) is 0.125. The summed E-state index contributed by atoms with van der Waals surface area (Å²) in [5, 5.41) is 11.9. The largest absolute Gasteiger partial charge is 0.496 e. The Kier molecular flexibility index (Phi) is 6.37.